The molecule has 45 heavy (non-hydrogen) atoms. The number of hydrogen-bond donors (Lipinski definition) is 4. The maximum Gasteiger partial charge on any atom is 0.417 e. The van der Waals surface area contributed by atoms with E-state index in [1.54, 1.807) is 0 Å². The predicted molar refractivity (Wildman–Crippen MR) is 186 cm³/mol. The van der Waals surface area contributed by atoms with Gasteiger partial charge in [-0.3, -0.25) is 5.32 Å². The molecule has 4 rings (SSSR count). The molecule has 1 aliphatic rings. The van der Waals surface area contributed by atoms with E-state index in [9.17, 15) is 9.59 Å². The standard InChI is InChI=1S/C38H52N4O3/c1-35(2,3)27-15-20-32(31(22-27)36(4,5)6)45-34(44)41-29-18-13-26(14-19-29)21-25-11-16-28(17-12-25)39-33(43)40-30-23-37(7,8)42-38(9,10)24-30/h11-20,22,30,42H,21,23-24H2,1-10H3,(H,41,44)(H2,39,40,43). The minimum Gasteiger partial charge on any atom is -0.410 e. The summed E-state index contributed by atoms with van der Waals surface area (Å²) in [5.74, 6) is 0.569. The zero-order valence-corrected chi connectivity index (χ0v) is 28.8. The lowest BCUT2D eigenvalue weighted by molar-refractivity contribution is 0.149. The molecule has 4 N–H and O–H groups in total. The van der Waals surface area contributed by atoms with Gasteiger partial charge in [0.2, 0.25) is 0 Å². The fourth-order valence-electron chi connectivity index (χ4n) is 6.34. The number of rotatable bonds is 6. The van der Waals surface area contributed by atoms with Crippen molar-refractivity contribution in [3.05, 3.63) is 89.0 Å². The highest BCUT2D eigenvalue weighted by molar-refractivity contribution is 5.89. The van der Waals surface area contributed by atoms with Crippen LogP contribution in [0.1, 0.15) is 104 Å². The molecule has 0 spiro atoms. The maximum atomic E-state index is 12.8. The van der Waals surface area contributed by atoms with Crippen LogP contribution in [0.25, 0.3) is 0 Å². The fraction of sp³-hybridized carbons (Fsp3) is 0.474. The van der Waals surface area contributed by atoms with Crippen LogP contribution in [-0.2, 0) is 17.3 Å². The number of benzene rings is 3. The zero-order chi connectivity index (χ0) is 33.2. The minimum atomic E-state index is -0.517. The Hall–Kier alpha value is -3.84. The summed E-state index contributed by atoms with van der Waals surface area (Å²) in [6.45, 7) is 21.6. The normalized spacial score (nSPS) is 16.5. The summed E-state index contributed by atoms with van der Waals surface area (Å²) in [4.78, 5) is 25.5. The van der Waals surface area contributed by atoms with Gasteiger partial charge in [-0.05, 0) is 105 Å². The van der Waals surface area contributed by atoms with Gasteiger partial charge in [-0.1, -0.05) is 77.9 Å². The third-order valence-electron chi connectivity index (χ3n) is 8.20. The van der Waals surface area contributed by atoms with Gasteiger partial charge in [0.15, 0.2) is 0 Å². The molecule has 0 saturated carbocycles. The number of piperidine rings is 1. The Morgan fingerprint density at radius 1 is 0.756 bits per heavy atom. The van der Waals surface area contributed by atoms with Crippen LogP contribution in [0.4, 0.5) is 21.0 Å². The number of carbonyl (C=O) groups excluding carboxylic acids is 2. The van der Waals surface area contributed by atoms with Crippen LogP contribution in [0, 0.1) is 0 Å². The molecule has 7 nitrogen and oxygen atoms in total. The fourth-order valence-corrected chi connectivity index (χ4v) is 6.34. The Bertz CT molecular complexity index is 1480. The number of anilines is 2. The number of carbonyl (C=O) groups is 2. The van der Waals surface area contributed by atoms with Gasteiger partial charge in [0.1, 0.15) is 5.75 Å². The molecule has 0 radical (unpaired) electrons. The van der Waals surface area contributed by atoms with E-state index in [2.05, 4.69) is 96.6 Å². The second-order valence-corrected chi connectivity index (χ2v) is 15.9. The molecule has 7 heteroatoms. The van der Waals surface area contributed by atoms with Gasteiger partial charge in [-0.25, -0.2) is 9.59 Å². The van der Waals surface area contributed by atoms with E-state index in [4.69, 9.17) is 4.74 Å². The Morgan fingerprint density at radius 2 is 1.27 bits per heavy atom. The summed E-state index contributed by atoms with van der Waals surface area (Å²) in [5.41, 5.74) is 5.60. The lowest BCUT2D eigenvalue weighted by atomic mass is 9.80. The average molecular weight is 613 g/mol. The second-order valence-electron chi connectivity index (χ2n) is 15.9. The largest absolute Gasteiger partial charge is 0.417 e. The summed E-state index contributed by atoms with van der Waals surface area (Å²) in [6, 6.07) is 21.6. The van der Waals surface area contributed by atoms with Crippen molar-refractivity contribution in [2.45, 2.75) is 116 Å². The van der Waals surface area contributed by atoms with Crippen LogP contribution in [0.2, 0.25) is 0 Å². The maximum absolute atomic E-state index is 12.8. The smallest absolute Gasteiger partial charge is 0.410 e. The first-order valence-corrected chi connectivity index (χ1v) is 16.0. The van der Waals surface area contributed by atoms with Gasteiger partial charge >= 0.3 is 12.1 Å². The molecule has 1 fully saturated rings. The molecule has 3 amide bonds. The molecule has 1 saturated heterocycles. The van der Waals surface area contributed by atoms with E-state index >= 15 is 0 Å². The number of amides is 3. The monoisotopic (exact) mass is 612 g/mol. The van der Waals surface area contributed by atoms with Gasteiger partial charge in [-0.2, -0.15) is 0 Å². The van der Waals surface area contributed by atoms with Crippen molar-refractivity contribution in [2.75, 3.05) is 10.6 Å². The number of urea groups is 1. The molecule has 3 aromatic carbocycles. The molecule has 3 aromatic rings. The van der Waals surface area contributed by atoms with Gasteiger partial charge in [0.25, 0.3) is 0 Å². The summed E-state index contributed by atoms with van der Waals surface area (Å²) >= 11 is 0. The van der Waals surface area contributed by atoms with Crippen molar-refractivity contribution in [2.24, 2.45) is 0 Å². The highest BCUT2D eigenvalue weighted by Gasteiger charge is 2.38. The molecule has 0 aliphatic carbocycles. The molecule has 1 aliphatic heterocycles. The van der Waals surface area contributed by atoms with Gasteiger partial charge < -0.3 is 20.7 Å². The van der Waals surface area contributed by atoms with Crippen molar-refractivity contribution in [3.8, 4) is 5.75 Å². The predicted octanol–water partition coefficient (Wildman–Crippen LogP) is 8.91. The summed E-state index contributed by atoms with van der Waals surface area (Å²) in [5, 5.41) is 12.6. The van der Waals surface area contributed by atoms with E-state index < -0.39 is 6.09 Å². The lowest BCUT2D eigenvalue weighted by Crippen LogP contribution is -2.62. The SMILES string of the molecule is CC1(C)CC(NC(=O)Nc2ccc(Cc3ccc(NC(=O)Oc4ccc(C(C)(C)C)cc4C(C)(C)C)cc3)cc2)CC(C)(C)N1. The molecule has 0 unspecified atom stereocenters. The molecule has 0 bridgehead atoms. The summed E-state index contributed by atoms with van der Waals surface area (Å²) < 4.78 is 5.78. The second kappa shape index (κ2) is 12.9. The first-order chi connectivity index (χ1) is 20.8. The van der Waals surface area contributed by atoms with Crippen molar-refractivity contribution in [3.63, 3.8) is 0 Å². The van der Waals surface area contributed by atoms with E-state index in [1.165, 1.54) is 5.56 Å². The van der Waals surface area contributed by atoms with Crippen LogP contribution >= 0.6 is 0 Å². The van der Waals surface area contributed by atoms with Crippen molar-refractivity contribution in [1.29, 1.82) is 0 Å². The van der Waals surface area contributed by atoms with Crippen molar-refractivity contribution < 1.29 is 14.3 Å². The molecule has 0 aromatic heterocycles. The molecule has 1 heterocycles. The topological polar surface area (TPSA) is 91.5 Å². The number of hydrogen-bond acceptors (Lipinski definition) is 4. The van der Waals surface area contributed by atoms with Crippen molar-refractivity contribution in [1.82, 2.24) is 10.6 Å². The first-order valence-electron chi connectivity index (χ1n) is 16.0. The Balaban J connectivity index is 1.30. The highest BCUT2D eigenvalue weighted by Crippen LogP contribution is 2.36. The van der Waals surface area contributed by atoms with Crippen LogP contribution in [-0.4, -0.2) is 29.2 Å². The lowest BCUT2D eigenvalue weighted by Gasteiger charge is -2.46. The molecular weight excluding hydrogens is 560 g/mol. The Labute approximate surface area is 269 Å². The van der Waals surface area contributed by atoms with Crippen LogP contribution in [0.3, 0.4) is 0 Å². The first kappa shape index (κ1) is 34.0. The van der Waals surface area contributed by atoms with E-state index in [0.29, 0.717) is 11.4 Å². The van der Waals surface area contributed by atoms with Gasteiger partial charge in [0, 0.05) is 34.1 Å². The molecular formula is C38H52N4O3. The minimum absolute atomic E-state index is 0.0000850. The number of ether oxygens (including phenoxy) is 1. The van der Waals surface area contributed by atoms with Crippen LogP contribution in [0.5, 0.6) is 5.75 Å². The van der Waals surface area contributed by atoms with E-state index in [0.717, 1.165) is 41.6 Å². The Morgan fingerprint density at radius 3 is 1.76 bits per heavy atom. The molecule has 0 atom stereocenters. The van der Waals surface area contributed by atoms with Crippen LogP contribution < -0.4 is 26.0 Å². The highest BCUT2D eigenvalue weighted by atomic mass is 16.6. The third kappa shape index (κ3) is 9.82. The van der Waals surface area contributed by atoms with E-state index in [1.807, 2.05) is 60.7 Å². The zero-order valence-electron chi connectivity index (χ0n) is 28.8. The molecule has 242 valence electrons. The van der Waals surface area contributed by atoms with E-state index in [-0.39, 0.29) is 34.0 Å². The summed E-state index contributed by atoms with van der Waals surface area (Å²) in [6.07, 6.45) is 1.96. The van der Waals surface area contributed by atoms with Gasteiger partial charge in [0.05, 0.1) is 0 Å². The number of nitrogens with one attached hydrogen (secondary N) is 4. The van der Waals surface area contributed by atoms with Gasteiger partial charge in [-0.15, -0.1) is 0 Å². The average Bonchev–Trinajstić information content (AvgIpc) is 2.88. The summed E-state index contributed by atoms with van der Waals surface area (Å²) in [7, 11) is 0. The third-order valence-corrected chi connectivity index (χ3v) is 8.20. The quantitative estimate of drug-likeness (QED) is 0.224. The van der Waals surface area contributed by atoms with Crippen LogP contribution in [0.15, 0.2) is 66.7 Å². The van der Waals surface area contributed by atoms with Crippen molar-refractivity contribution >= 4 is 23.5 Å². The Kier molecular flexibility index (Phi) is 9.74.